The number of rotatable bonds is 8. The Labute approximate surface area is 168 Å². The van der Waals surface area contributed by atoms with Gasteiger partial charge >= 0.3 is 0 Å². The predicted molar refractivity (Wildman–Crippen MR) is 110 cm³/mol. The standard InChI is InChI=1S/C21H23N3O3S/c1-14(2)27-17-9-7-16(8-10-17)20(25)22-21-24-23-19(28-21)11-12-26-18-6-4-5-15(3)13-18/h4-10,13-14H,11-12H2,1-3H3,(H,22,24,25). The van der Waals surface area contributed by atoms with Gasteiger partial charge in [0.1, 0.15) is 16.5 Å². The number of amides is 1. The summed E-state index contributed by atoms with van der Waals surface area (Å²) in [5.74, 6) is 1.34. The SMILES string of the molecule is Cc1cccc(OCCc2nnc(NC(=O)c3ccc(OC(C)C)cc3)s2)c1. The first kappa shape index (κ1) is 19.8. The summed E-state index contributed by atoms with van der Waals surface area (Å²) in [5.41, 5.74) is 1.69. The summed E-state index contributed by atoms with van der Waals surface area (Å²) in [6.45, 7) is 6.44. The van der Waals surface area contributed by atoms with E-state index in [1.54, 1.807) is 24.3 Å². The predicted octanol–water partition coefficient (Wildman–Crippen LogP) is 4.51. The van der Waals surface area contributed by atoms with Crippen LogP contribution in [0.2, 0.25) is 0 Å². The Kier molecular flexibility index (Phi) is 6.60. The molecule has 0 aliphatic rings. The molecule has 28 heavy (non-hydrogen) atoms. The Bertz CT molecular complexity index is 923. The highest BCUT2D eigenvalue weighted by Crippen LogP contribution is 2.19. The second-order valence-electron chi connectivity index (χ2n) is 6.56. The van der Waals surface area contributed by atoms with Crippen molar-refractivity contribution in [1.82, 2.24) is 10.2 Å². The molecule has 0 spiro atoms. The summed E-state index contributed by atoms with van der Waals surface area (Å²) in [5, 5.41) is 12.2. The van der Waals surface area contributed by atoms with Gasteiger partial charge in [-0.15, -0.1) is 10.2 Å². The van der Waals surface area contributed by atoms with Crippen molar-refractivity contribution >= 4 is 22.4 Å². The van der Waals surface area contributed by atoms with Crippen molar-refractivity contribution in [3.8, 4) is 11.5 Å². The van der Waals surface area contributed by atoms with E-state index in [2.05, 4.69) is 15.5 Å². The van der Waals surface area contributed by atoms with Gasteiger partial charge in [0.15, 0.2) is 0 Å². The van der Waals surface area contributed by atoms with Crippen molar-refractivity contribution in [2.45, 2.75) is 33.3 Å². The van der Waals surface area contributed by atoms with E-state index >= 15 is 0 Å². The number of anilines is 1. The monoisotopic (exact) mass is 397 g/mol. The van der Waals surface area contributed by atoms with Crippen LogP contribution in [0.1, 0.15) is 34.8 Å². The van der Waals surface area contributed by atoms with Crippen LogP contribution in [0.25, 0.3) is 0 Å². The number of aromatic nitrogens is 2. The second kappa shape index (κ2) is 9.32. The number of aryl methyl sites for hydroxylation is 1. The maximum atomic E-state index is 12.4. The molecule has 0 aliphatic carbocycles. The molecule has 0 unspecified atom stereocenters. The molecule has 0 fully saturated rings. The molecule has 0 radical (unpaired) electrons. The lowest BCUT2D eigenvalue weighted by Crippen LogP contribution is -2.12. The molecule has 6 nitrogen and oxygen atoms in total. The minimum absolute atomic E-state index is 0.0920. The van der Waals surface area contributed by atoms with E-state index in [-0.39, 0.29) is 12.0 Å². The van der Waals surface area contributed by atoms with Gasteiger partial charge in [0.05, 0.1) is 12.7 Å². The first-order valence-corrected chi connectivity index (χ1v) is 9.91. The largest absolute Gasteiger partial charge is 0.493 e. The number of benzene rings is 2. The Balaban J connectivity index is 1.50. The van der Waals surface area contributed by atoms with Crippen LogP contribution in [0.3, 0.4) is 0 Å². The highest BCUT2D eigenvalue weighted by Gasteiger charge is 2.11. The molecule has 0 aliphatic heterocycles. The topological polar surface area (TPSA) is 73.3 Å². The molecule has 0 atom stereocenters. The maximum Gasteiger partial charge on any atom is 0.257 e. The minimum atomic E-state index is -0.227. The van der Waals surface area contributed by atoms with Crippen molar-refractivity contribution in [3.05, 3.63) is 64.7 Å². The van der Waals surface area contributed by atoms with Crippen molar-refractivity contribution in [3.63, 3.8) is 0 Å². The Morgan fingerprint density at radius 3 is 2.61 bits per heavy atom. The van der Waals surface area contributed by atoms with Crippen molar-refractivity contribution in [1.29, 1.82) is 0 Å². The zero-order chi connectivity index (χ0) is 19.9. The van der Waals surface area contributed by atoms with Gasteiger partial charge < -0.3 is 9.47 Å². The molecule has 3 rings (SSSR count). The number of carbonyl (C=O) groups excluding carboxylic acids is 1. The molecule has 0 saturated heterocycles. The Morgan fingerprint density at radius 1 is 1.11 bits per heavy atom. The van der Waals surface area contributed by atoms with E-state index in [4.69, 9.17) is 9.47 Å². The lowest BCUT2D eigenvalue weighted by Gasteiger charge is -2.09. The molecule has 0 bridgehead atoms. The number of nitrogens with one attached hydrogen (secondary N) is 1. The summed E-state index contributed by atoms with van der Waals surface area (Å²) in [6, 6.07) is 14.9. The van der Waals surface area contributed by atoms with Gasteiger partial charge in [-0.2, -0.15) is 0 Å². The van der Waals surface area contributed by atoms with Crippen molar-refractivity contribution in [2.75, 3.05) is 11.9 Å². The Morgan fingerprint density at radius 2 is 1.89 bits per heavy atom. The highest BCUT2D eigenvalue weighted by atomic mass is 32.1. The number of hydrogen-bond acceptors (Lipinski definition) is 6. The van der Waals surface area contributed by atoms with Gasteiger partial charge in [0, 0.05) is 12.0 Å². The molecule has 3 aromatic rings. The third-order valence-corrected chi connectivity index (χ3v) is 4.65. The molecular weight excluding hydrogens is 374 g/mol. The summed E-state index contributed by atoms with van der Waals surface area (Å²) in [7, 11) is 0. The van der Waals surface area contributed by atoms with Crippen LogP contribution in [-0.2, 0) is 6.42 Å². The van der Waals surface area contributed by atoms with Crippen LogP contribution in [0, 0.1) is 6.92 Å². The third kappa shape index (κ3) is 5.79. The summed E-state index contributed by atoms with van der Waals surface area (Å²) in [4.78, 5) is 12.4. The first-order chi connectivity index (χ1) is 13.5. The fraction of sp³-hybridized carbons (Fsp3) is 0.286. The number of hydrogen-bond donors (Lipinski definition) is 1. The van der Waals surface area contributed by atoms with Crippen LogP contribution in [0.5, 0.6) is 11.5 Å². The van der Waals surface area contributed by atoms with E-state index in [1.165, 1.54) is 11.3 Å². The average Bonchev–Trinajstić information content (AvgIpc) is 3.09. The maximum absolute atomic E-state index is 12.4. The van der Waals surface area contributed by atoms with Crippen LogP contribution < -0.4 is 14.8 Å². The molecule has 7 heteroatoms. The van der Waals surface area contributed by atoms with Gasteiger partial charge in [-0.25, -0.2) is 0 Å². The molecule has 1 N–H and O–H groups in total. The van der Waals surface area contributed by atoms with Crippen LogP contribution in [-0.4, -0.2) is 28.8 Å². The van der Waals surface area contributed by atoms with Crippen molar-refractivity contribution in [2.24, 2.45) is 0 Å². The molecule has 2 aromatic carbocycles. The highest BCUT2D eigenvalue weighted by molar-refractivity contribution is 7.15. The number of ether oxygens (including phenoxy) is 2. The minimum Gasteiger partial charge on any atom is -0.493 e. The Hall–Kier alpha value is -2.93. The van der Waals surface area contributed by atoms with Crippen LogP contribution >= 0.6 is 11.3 Å². The van der Waals surface area contributed by atoms with Crippen LogP contribution in [0.15, 0.2) is 48.5 Å². The molecule has 1 aromatic heterocycles. The van der Waals surface area contributed by atoms with Gasteiger partial charge in [0.2, 0.25) is 5.13 Å². The van der Waals surface area contributed by atoms with Crippen molar-refractivity contribution < 1.29 is 14.3 Å². The quantitative estimate of drug-likeness (QED) is 0.605. The fourth-order valence-electron chi connectivity index (χ4n) is 2.49. The number of carbonyl (C=O) groups is 1. The molecule has 146 valence electrons. The van der Waals surface area contributed by atoms with Gasteiger partial charge in [-0.1, -0.05) is 23.5 Å². The van der Waals surface area contributed by atoms with Crippen LogP contribution in [0.4, 0.5) is 5.13 Å². The van der Waals surface area contributed by atoms with E-state index in [0.29, 0.717) is 23.7 Å². The fourth-order valence-corrected chi connectivity index (χ4v) is 3.21. The van der Waals surface area contributed by atoms with Gasteiger partial charge in [-0.3, -0.25) is 10.1 Å². The molecule has 1 heterocycles. The summed E-state index contributed by atoms with van der Waals surface area (Å²) < 4.78 is 11.3. The zero-order valence-corrected chi connectivity index (χ0v) is 17.0. The summed E-state index contributed by atoms with van der Waals surface area (Å²) >= 11 is 1.35. The molecule has 0 saturated carbocycles. The van der Waals surface area contributed by atoms with E-state index in [1.807, 2.05) is 45.0 Å². The number of nitrogens with zero attached hydrogens (tertiary/aromatic N) is 2. The lowest BCUT2D eigenvalue weighted by atomic mass is 10.2. The van der Waals surface area contributed by atoms with Gasteiger partial charge in [0.25, 0.3) is 5.91 Å². The van der Waals surface area contributed by atoms with E-state index in [0.717, 1.165) is 22.1 Å². The normalized spacial score (nSPS) is 10.7. The third-order valence-electron chi connectivity index (χ3n) is 3.75. The van der Waals surface area contributed by atoms with Gasteiger partial charge in [-0.05, 0) is 62.7 Å². The summed E-state index contributed by atoms with van der Waals surface area (Å²) in [6.07, 6.45) is 0.720. The average molecular weight is 398 g/mol. The first-order valence-electron chi connectivity index (χ1n) is 9.09. The smallest absolute Gasteiger partial charge is 0.257 e. The molecule has 1 amide bonds. The second-order valence-corrected chi connectivity index (χ2v) is 7.62. The van der Waals surface area contributed by atoms with E-state index in [9.17, 15) is 4.79 Å². The van der Waals surface area contributed by atoms with E-state index < -0.39 is 0 Å². The lowest BCUT2D eigenvalue weighted by molar-refractivity contribution is 0.102. The zero-order valence-electron chi connectivity index (χ0n) is 16.1. The molecular formula is C21H23N3O3S.